The second kappa shape index (κ2) is 5.54. The molecule has 0 N–H and O–H groups in total. The first-order valence-electron chi connectivity index (χ1n) is 4.40. The monoisotopic (exact) mass is 428 g/mol. The standard InChI is InChI=1S/C6F12S4/c7-1(8,9)3(21-5(13,14)15)19-4(20-3,2(10,11)12)22-6(16,17)18. The van der Waals surface area contributed by atoms with Crippen molar-refractivity contribution in [3.05, 3.63) is 0 Å². The van der Waals surface area contributed by atoms with Gasteiger partial charge in [0.1, 0.15) is 0 Å². The first-order valence-corrected chi connectivity index (χ1v) is 7.67. The van der Waals surface area contributed by atoms with E-state index in [4.69, 9.17) is 0 Å². The van der Waals surface area contributed by atoms with Crippen LogP contribution in [0.5, 0.6) is 0 Å². The van der Waals surface area contributed by atoms with E-state index in [-0.39, 0.29) is 0 Å². The van der Waals surface area contributed by atoms with E-state index in [9.17, 15) is 52.7 Å². The highest BCUT2D eigenvalue weighted by Gasteiger charge is 2.82. The van der Waals surface area contributed by atoms with Gasteiger partial charge in [-0.05, 0) is 23.5 Å². The minimum atomic E-state index is -5.82. The largest absolute Gasteiger partial charge is 0.444 e. The van der Waals surface area contributed by atoms with E-state index in [1.54, 1.807) is 0 Å². The summed E-state index contributed by atoms with van der Waals surface area (Å²) < 4.78 is 140. The highest BCUT2D eigenvalue weighted by Crippen LogP contribution is 2.83. The second-order valence-corrected chi connectivity index (χ2v) is 10.4. The molecule has 0 unspecified atom stereocenters. The Kier molecular flexibility index (Phi) is 5.19. The molecule has 0 amide bonds. The van der Waals surface area contributed by atoms with Gasteiger partial charge < -0.3 is 0 Å². The summed E-state index contributed by atoms with van der Waals surface area (Å²) >= 11 is -6.60. The van der Waals surface area contributed by atoms with Gasteiger partial charge in [0, 0.05) is 0 Å². The molecule has 1 heterocycles. The zero-order chi connectivity index (χ0) is 17.8. The summed E-state index contributed by atoms with van der Waals surface area (Å²) in [6.07, 6.45) is -11.6. The molecule has 22 heavy (non-hydrogen) atoms. The fourth-order valence-corrected chi connectivity index (χ4v) is 8.62. The van der Waals surface area contributed by atoms with Crippen molar-refractivity contribution in [2.24, 2.45) is 0 Å². The molecule has 1 saturated heterocycles. The smallest absolute Gasteiger partial charge is 0.168 e. The molecule has 0 saturated carbocycles. The van der Waals surface area contributed by atoms with Gasteiger partial charge in [-0.15, -0.1) is 0 Å². The summed E-state index contributed by atoms with van der Waals surface area (Å²) in [6.45, 7) is 0. The van der Waals surface area contributed by atoms with Crippen LogP contribution in [0.15, 0.2) is 0 Å². The maximum Gasteiger partial charge on any atom is 0.444 e. The van der Waals surface area contributed by atoms with Crippen LogP contribution in [-0.2, 0) is 0 Å². The summed E-state index contributed by atoms with van der Waals surface area (Å²) in [6, 6.07) is 0. The van der Waals surface area contributed by atoms with Crippen LogP contribution in [0.25, 0.3) is 0 Å². The molecular formula is C6F12S4. The molecule has 0 aliphatic carbocycles. The van der Waals surface area contributed by atoms with E-state index in [1.165, 1.54) is 0 Å². The average Bonchev–Trinajstić information content (AvgIpc) is 2.04. The lowest BCUT2D eigenvalue weighted by atomic mass is 10.7. The van der Waals surface area contributed by atoms with Crippen LogP contribution in [0.4, 0.5) is 52.7 Å². The predicted molar refractivity (Wildman–Crippen MR) is 60.0 cm³/mol. The number of halogens is 12. The Balaban J connectivity index is 3.16. The Morgan fingerprint density at radius 3 is 0.864 bits per heavy atom. The van der Waals surface area contributed by atoms with Gasteiger partial charge in [-0.1, -0.05) is 23.5 Å². The Morgan fingerprint density at radius 2 is 0.727 bits per heavy atom. The second-order valence-electron chi connectivity index (χ2n) is 3.41. The van der Waals surface area contributed by atoms with Gasteiger partial charge in [0.25, 0.3) is 0 Å². The lowest BCUT2D eigenvalue weighted by Crippen LogP contribution is -2.57. The molecule has 0 aromatic rings. The first-order chi connectivity index (χ1) is 9.33. The number of rotatable bonds is 2. The fourth-order valence-electron chi connectivity index (χ4n) is 1.10. The van der Waals surface area contributed by atoms with Crippen molar-refractivity contribution in [2.45, 2.75) is 30.2 Å². The van der Waals surface area contributed by atoms with Crippen molar-refractivity contribution in [1.82, 2.24) is 0 Å². The van der Waals surface area contributed by atoms with Gasteiger partial charge in [0.05, 0.1) is 0 Å². The molecule has 1 aliphatic heterocycles. The van der Waals surface area contributed by atoms with Crippen LogP contribution in [0, 0.1) is 0 Å². The normalized spacial score (nSPS) is 31.1. The van der Waals surface area contributed by atoms with E-state index in [1.807, 2.05) is 0 Å². The van der Waals surface area contributed by atoms with E-state index in [2.05, 4.69) is 0 Å². The van der Waals surface area contributed by atoms with E-state index in [0.29, 0.717) is 0 Å². The first kappa shape index (κ1) is 20.6. The number of thioether (sulfide) groups is 4. The molecule has 0 spiro atoms. The van der Waals surface area contributed by atoms with Gasteiger partial charge in [-0.2, -0.15) is 52.7 Å². The van der Waals surface area contributed by atoms with Crippen LogP contribution >= 0.6 is 47.0 Å². The SMILES string of the molecule is FC(F)(F)SC1(C(F)(F)F)SC(SC(F)(F)F)(C(F)(F)F)S1. The molecule has 1 aliphatic rings. The third kappa shape index (κ3) is 4.34. The third-order valence-corrected chi connectivity index (χ3v) is 8.20. The van der Waals surface area contributed by atoms with Crippen molar-refractivity contribution in [1.29, 1.82) is 0 Å². The number of hydrogen-bond donors (Lipinski definition) is 0. The molecule has 0 aromatic heterocycles. The summed E-state index contributed by atoms with van der Waals surface area (Å²) in [7, 11) is 0. The quantitative estimate of drug-likeness (QED) is 0.467. The van der Waals surface area contributed by atoms with E-state index >= 15 is 0 Å². The van der Waals surface area contributed by atoms with Crippen LogP contribution in [-0.4, -0.2) is 30.2 Å². The highest BCUT2D eigenvalue weighted by atomic mass is 32.3. The zero-order valence-electron chi connectivity index (χ0n) is 9.17. The number of alkyl halides is 12. The minimum Gasteiger partial charge on any atom is -0.168 e. The van der Waals surface area contributed by atoms with E-state index < -0.39 is 77.2 Å². The molecule has 16 heteroatoms. The molecular weight excluding hydrogens is 428 g/mol. The van der Waals surface area contributed by atoms with Crippen molar-refractivity contribution in [3.63, 3.8) is 0 Å². The van der Waals surface area contributed by atoms with Gasteiger partial charge in [-0.3, -0.25) is 0 Å². The number of hydrogen-bond acceptors (Lipinski definition) is 4. The molecule has 0 aromatic carbocycles. The third-order valence-electron chi connectivity index (χ3n) is 1.73. The van der Waals surface area contributed by atoms with Crippen molar-refractivity contribution >= 4 is 47.0 Å². The highest BCUT2D eigenvalue weighted by molar-refractivity contribution is 8.53. The van der Waals surface area contributed by atoms with E-state index in [0.717, 1.165) is 0 Å². The van der Waals surface area contributed by atoms with Gasteiger partial charge in [-0.25, -0.2) is 0 Å². The van der Waals surface area contributed by atoms with Crippen molar-refractivity contribution in [2.75, 3.05) is 0 Å². The summed E-state index contributed by atoms with van der Waals surface area (Å²) in [5, 5.41) is 0. The van der Waals surface area contributed by atoms with Crippen molar-refractivity contribution in [3.8, 4) is 0 Å². The minimum absolute atomic E-state index is 1.46. The molecule has 0 nitrogen and oxygen atoms in total. The van der Waals surface area contributed by atoms with Gasteiger partial charge in [0.15, 0.2) is 0 Å². The Hall–Kier alpha value is 0.560. The maximum absolute atomic E-state index is 12.6. The average molecular weight is 428 g/mol. The van der Waals surface area contributed by atoms with Crippen molar-refractivity contribution < 1.29 is 52.7 Å². The Morgan fingerprint density at radius 1 is 0.500 bits per heavy atom. The summed E-state index contributed by atoms with van der Waals surface area (Å²) in [5.41, 5.74) is -11.2. The van der Waals surface area contributed by atoms with Crippen LogP contribution < -0.4 is 0 Å². The predicted octanol–water partition coefficient (Wildman–Crippen LogP) is 6.40. The molecule has 1 rings (SSSR count). The van der Waals surface area contributed by atoms with Crippen LogP contribution in [0.2, 0.25) is 0 Å². The summed E-state index contributed by atoms with van der Waals surface area (Å²) in [4.78, 5) is 0. The van der Waals surface area contributed by atoms with Crippen LogP contribution in [0.3, 0.4) is 0 Å². The molecule has 1 fully saturated rings. The molecule has 132 valence electrons. The lowest BCUT2D eigenvalue weighted by Gasteiger charge is -2.53. The zero-order valence-corrected chi connectivity index (χ0v) is 12.4. The topological polar surface area (TPSA) is 0 Å². The fraction of sp³-hybridized carbons (Fsp3) is 1.00. The van der Waals surface area contributed by atoms with Gasteiger partial charge in [0.2, 0.25) is 6.82 Å². The van der Waals surface area contributed by atoms with Gasteiger partial charge >= 0.3 is 23.4 Å². The molecule has 0 radical (unpaired) electrons. The Labute approximate surface area is 130 Å². The summed E-state index contributed by atoms with van der Waals surface area (Å²) in [5.74, 6) is 0. The maximum atomic E-state index is 12.6. The molecule has 0 bridgehead atoms. The lowest BCUT2D eigenvalue weighted by molar-refractivity contribution is -0.136. The van der Waals surface area contributed by atoms with Crippen LogP contribution in [0.1, 0.15) is 0 Å². The Bertz CT molecular complexity index is 371. The molecule has 0 atom stereocenters.